The Labute approximate surface area is 122 Å². The van der Waals surface area contributed by atoms with Crippen molar-refractivity contribution in [2.45, 2.75) is 13.5 Å². The molecule has 0 saturated carbocycles. The normalized spacial score (nSPS) is 15.4. The number of hydrogen-bond acceptors (Lipinski definition) is 3. The van der Waals surface area contributed by atoms with Crippen LogP contribution >= 0.6 is 0 Å². The lowest BCUT2D eigenvalue weighted by molar-refractivity contribution is 0.0301. The van der Waals surface area contributed by atoms with Crippen LogP contribution in [0.15, 0.2) is 35.3 Å². The van der Waals surface area contributed by atoms with E-state index in [1.807, 2.05) is 29.7 Å². The van der Waals surface area contributed by atoms with Crippen LogP contribution in [0.4, 0.5) is 0 Å². The molecule has 5 nitrogen and oxygen atoms in total. The van der Waals surface area contributed by atoms with E-state index in [0.29, 0.717) is 38.2 Å². The fraction of sp³-hybridized carbons (Fsp3) is 0.375. The van der Waals surface area contributed by atoms with Crippen molar-refractivity contribution >= 4 is 16.8 Å². The van der Waals surface area contributed by atoms with E-state index in [2.05, 4.69) is 0 Å². The van der Waals surface area contributed by atoms with E-state index in [-0.39, 0.29) is 16.9 Å². The Morgan fingerprint density at radius 1 is 1.24 bits per heavy atom. The van der Waals surface area contributed by atoms with Gasteiger partial charge in [-0.05, 0) is 19.1 Å². The van der Waals surface area contributed by atoms with Crippen molar-refractivity contribution in [1.29, 1.82) is 0 Å². The molecule has 0 unspecified atom stereocenters. The number of carbonyl (C=O) groups is 1. The molecule has 1 aliphatic rings. The molecule has 0 spiro atoms. The third-order valence-corrected chi connectivity index (χ3v) is 3.86. The highest BCUT2D eigenvalue weighted by atomic mass is 16.5. The summed E-state index contributed by atoms with van der Waals surface area (Å²) in [5.74, 6) is -0.198. The molecule has 2 heterocycles. The Balaban J connectivity index is 2.12. The Morgan fingerprint density at radius 3 is 2.67 bits per heavy atom. The van der Waals surface area contributed by atoms with Gasteiger partial charge in [-0.25, -0.2) is 0 Å². The minimum Gasteiger partial charge on any atom is -0.378 e. The lowest BCUT2D eigenvalue weighted by Gasteiger charge is -2.27. The van der Waals surface area contributed by atoms with E-state index < -0.39 is 0 Å². The Kier molecular flexibility index (Phi) is 3.75. The number of nitrogens with zero attached hydrogens (tertiary/aromatic N) is 2. The first-order chi connectivity index (χ1) is 10.2. The molecule has 0 N–H and O–H groups in total. The van der Waals surface area contributed by atoms with Gasteiger partial charge in [0.2, 0.25) is 5.43 Å². The molecule has 5 heteroatoms. The molecule has 2 aromatic rings. The molecule has 3 rings (SSSR count). The zero-order chi connectivity index (χ0) is 14.8. The van der Waals surface area contributed by atoms with E-state index in [1.54, 1.807) is 17.2 Å². The van der Waals surface area contributed by atoms with E-state index >= 15 is 0 Å². The third kappa shape index (κ3) is 2.45. The second kappa shape index (κ2) is 5.69. The number of rotatable bonds is 2. The Hall–Kier alpha value is -2.14. The molecule has 0 atom stereocenters. The van der Waals surface area contributed by atoms with Crippen molar-refractivity contribution in [3.8, 4) is 0 Å². The van der Waals surface area contributed by atoms with E-state index in [4.69, 9.17) is 4.74 Å². The summed E-state index contributed by atoms with van der Waals surface area (Å²) in [7, 11) is 0. The number of morpholine rings is 1. The molecule has 1 fully saturated rings. The Bertz CT molecular complexity index is 730. The Morgan fingerprint density at radius 2 is 1.95 bits per heavy atom. The average molecular weight is 286 g/mol. The largest absolute Gasteiger partial charge is 0.378 e. The van der Waals surface area contributed by atoms with E-state index in [9.17, 15) is 9.59 Å². The van der Waals surface area contributed by atoms with Gasteiger partial charge in [-0.15, -0.1) is 0 Å². The molecule has 0 aliphatic carbocycles. The third-order valence-electron chi connectivity index (χ3n) is 3.86. The number of aryl methyl sites for hydroxylation is 1. The van der Waals surface area contributed by atoms with E-state index in [1.165, 1.54) is 0 Å². The van der Waals surface area contributed by atoms with Crippen LogP contribution in [0.5, 0.6) is 0 Å². The maximum absolute atomic E-state index is 12.6. The molecule has 1 aromatic heterocycles. The molecule has 0 radical (unpaired) electrons. The van der Waals surface area contributed by atoms with Crippen LogP contribution < -0.4 is 5.43 Å². The van der Waals surface area contributed by atoms with Crippen LogP contribution in [-0.4, -0.2) is 41.7 Å². The highest BCUT2D eigenvalue weighted by molar-refractivity contribution is 5.97. The number of benzene rings is 1. The molecule has 1 aliphatic heterocycles. The van der Waals surface area contributed by atoms with Gasteiger partial charge >= 0.3 is 0 Å². The average Bonchev–Trinajstić information content (AvgIpc) is 2.56. The number of fused-ring (bicyclic) bond motifs is 1. The molecule has 21 heavy (non-hydrogen) atoms. The van der Waals surface area contributed by atoms with Gasteiger partial charge in [0.15, 0.2) is 0 Å². The molecule has 110 valence electrons. The fourth-order valence-electron chi connectivity index (χ4n) is 2.70. The molecule has 1 aromatic carbocycles. The maximum atomic E-state index is 12.6. The molecular formula is C16H18N2O3. The van der Waals surface area contributed by atoms with Crippen molar-refractivity contribution in [3.63, 3.8) is 0 Å². The summed E-state index contributed by atoms with van der Waals surface area (Å²) in [5.41, 5.74) is 0.924. The minimum absolute atomic E-state index is 0.188. The quantitative estimate of drug-likeness (QED) is 0.840. The summed E-state index contributed by atoms with van der Waals surface area (Å²) < 4.78 is 7.20. The summed E-state index contributed by atoms with van der Waals surface area (Å²) in [6.07, 6.45) is 1.68. The number of para-hydroxylation sites is 1. The van der Waals surface area contributed by atoms with Crippen molar-refractivity contribution in [2.75, 3.05) is 26.3 Å². The van der Waals surface area contributed by atoms with Crippen molar-refractivity contribution < 1.29 is 9.53 Å². The molecular weight excluding hydrogens is 268 g/mol. The summed E-state index contributed by atoms with van der Waals surface area (Å²) >= 11 is 0. The van der Waals surface area contributed by atoms with Gasteiger partial charge in [0.1, 0.15) is 5.56 Å². The van der Waals surface area contributed by atoms with Crippen LogP contribution in [0.1, 0.15) is 17.3 Å². The van der Waals surface area contributed by atoms with Crippen molar-refractivity contribution in [2.24, 2.45) is 0 Å². The van der Waals surface area contributed by atoms with Gasteiger partial charge in [0.25, 0.3) is 5.91 Å². The monoisotopic (exact) mass is 286 g/mol. The van der Waals surface area contributed by atoms with Crippen molar-refractivity contribution in [3.05, 3.63) is 46.2 Å². The molecule has 1 amide bonds. The van der Waals surface area contributed by atoms with Crippen LogP contribution in [0.25, 0.3) is 10.9 Å². The van der Waals surface area contributed by atoms with Crippen LogP contribution in [0.2, 0.25) is 0 Å². The van der Waals surface area contributed by atoms with Gasteiger partial charge < -0.3 is 14.2 Å². The standard InChI is InChI=1S/C16H18N2O3/c1-2-17-11-13(16(20)18-7-9-21-10-8-18)15(19)12-5-3-4-6-14(12)17/h3-6,11H,2,7-10H2,1H3. The zero-order valence-corrected chi connectivity index (χ0v) is 12.0. The van der Waals surface area contributed by atoms with Gasteiger partial charge in [0, 0.05) is 31.2 Å². The molecule has 0 bridgehead atoms. The number of pyridine rings is 1. The molecule has 1 saturated heterocycles. The lowest BCUT2D eigenvalue weighted by atomic mass is 10.1. The van der Waals surface area contributed by atoms with Gasteiger partial charge in [-0.2, -0.15) is 0 Å². The van der Waals surface area contributed by atoms with Crippen LogP contribution in [0, 0.1) is 0 Å². The minimum atomic E-state index is -0.198. The van der Waals surface area contributed by atoms with Gasteiger partial charge in [-0.1, -0.05) is 12.1 Å². The summed E-state index contributed by atoms with van der Waals surface area (Å²) in [4.78, 5) is 26.9. The summed E-state index contributed by atoms with van der Waals surface area (Å²) in [6, 6.07) is 7.41. The summed E-state index contributed by atoms with van der Waals surface area (Å²) in [6.45, 7) is 4.85. The number of ether oxygens (including phenoxy) is 1. The van der Waals surface area contributed by atoms with E-state index in [0.717, 1.165) is 5.52 Å². The second-order valence-corrected chi connectivity index (χ2v) is 5.08. The first-order valence-corrected chi connectivity index (χ1v) is 7.21. The van der Waals surface area contributed by atoms with Gasteiger partial charge in [0.05, 0.1) is 18.7 Å². The van der Waals surface area contributed by atoms with Crippen LogP contribution in [-0.2, 0) is 11.3 Å². The predicted octanol–water partition coefficient (Wildman–Crippen LogP) is 1.49. The number of carbonyl (C=O) groups excluding carboxylic acids is 1. The SMILES string of the molecule is CCn1cc(C(=O)N2CCOCC2)c(=O)c2ccccc21. The fourth-order valence-corrected chi connectivity index (χ4v) is 2.70. The second-order valence-electron chi connectivity index (χ2n) is 5.08. The maximum Gasteiger partial charge on any atom is 0.259 e. The number of hydrogen-bond donors (Lipinski definition) is 0. The summed E-state index contributed by atoms with van der Waals surface area (Å²) in [5, 5.41) is 0.596. The lowest BCUT2D eigenvalue weighted by Crippen LogP contribution is -2.42. The smallest absolute Gasteiger partial charge is 0.259 e. The van der Waals surface area contributed by atoms with Gasteiger partial charge in [-0.3, -0.25) is 9.59 Å². The number of aromatic nitrogens is 1. The number of amides is 1. The zero-order valence-electron chi connectivity index (χ0n) is 12.0. The highest BCUT2D eigenvalue weighted by Crippen LogP contribution is 2.13. The highest BCUT2D eigenvalue weighted by Gasteiger charge is 2.22. The predicted molar refractivity (Wildman–Crippen MR) is 80.6 cm³/mol. The topological polar surface area (TPSA) is 51.5 Å². The first-order valence-electron chi connectivity index (χ1n) is 7.21. The van der Waals surface area contributed by atoms with Crippen molar-refractivity contribution in [1.82, 2.24) is 9.47 Å². The first kappa shape index (κ1) is 13.8. The van der Waals surface area contributed by atoms with Crippen LogP contribution in [0.3, 0.4) is 0 Å².